The molecule has 0 aromatic rings. The SMILES string of the molecule is CCNCCC(C)N1CCC2(CCCC2)CC1. The second kappa shape index (κ2) is 6.19. The van der Waals surface area contributed by atoms with E-state index < -0.39 is 0 Å². The van der Waals surface area contributed by atoms with Gasteiger partial charge in [-0.15, -0.1) is 0 Å². The van der Waals surface area contributed by atoms with E-state index >= 15 is 0 Å². The molecule has 1 heterocycles. The molecular weight excluding hydrogens is 208 g/mol. The lowest BCUT2D eigenvalue weighted by atomic mass is 9.77. The molecule has 100 valence electrons. The molecule has 1 aliphatic heterocycles. The van der Waals surface area contributed by atoms with Gasteiger partial charge in [0.15, 0.2) is 0 Å². The van der Waals surface area contributed by atoms with Crippen molar-refractivity contribution in [2.45, 2.75) is 64.8 Å². The van der Waals surface area contributed by atoms with Crippen LogP contribution in [0.5, 0.6) is 0 Å². The number of nitrogens with zero attached hydrogens (tertiary/aromatic N) is 1. The summed E-state index contributed by atoms with van der Waals surface area (Å²) >= 11 is 0. The van der Waals surface area contributed by atoms with Crippen LogP contribution in [0, 0.1) is 5.41 Å². The Morgan fingerprint density at radius 1 is 1.12 bits per heavy atom. The van der Waals surface area contributed by atoms with Gasteiger partial charge in [0, 0.05) is 6.04 Å². The molecule has 0 bridgehead atoms. The topological polar surface area (TPSA) is 15.3 Å². The van der Waals surface area contributed by atoms with E-state index in [1.54, 1.807) is 0 Å². The molecule has 0 radical (unpaired) electrons. The van der Waals surface area contributed by atoms with Gasteiger partial charge in [-0.3, -0.25) is 0 Å². The van der Waals surface area contributed by atoms with Crippen LogP contribution < -0.4 is 5.32 Å². The van der Waals surface area contributed by atoms with Gasteiger partial charge in [0.05, 0.1) is 0 Å². The van der Waals surface area contributed by atoms with Crippen molar-refractivity contribution in [2.75, 3.05) is 26.2 Å². The number of hydrogen-bond acceptors (Lipinski definition) is 2. The van der Waals surface area contributed by atoms with Crippen molar-refractivity contribution in [3.05, 3.63) is 0 Å². The maximum Gasteiger partial charge on any atom is 0.00790 e. The predicted octanol–water partition coefficient (Wildman–Crippen LogP) is 3.03. The average Bonchev–Trinajstić information content (AvgIpc) is 2.79. The zero-order valence-corrected chi connectivity index (χ0v) is 11.8. The summed E-state index contributed by atoms with van der Waals surface area (Å²) in [7, 11) is 0. The Bertz CT molecular complexity index is 211. The van der Waals surface area contributed by atoms with E-state index in [-0.39, 0.29) is 0 Å². The second-order valence-corrected chi connectivity index (χ2v) is 6.23. The Balaban J connectivity index is 1.70. The molecule has 2 aliphatic rings. The van der Waals surface area contributed by atoms with Crippen LogP contribution in [0.4, 0.5) is 0 Å². The third kappa shape index (κ3) is 3.45. The van der Waals surface area contributed by atoms with Gasteiger partial charge in [-0.25, -0.2) is 0 Å². The highest BCUT2D eigenvalue weighted by atomic mass is 15.2. The maximum absolute atomic E-state index is 3.44. The summed E-state index contributed by atoms with van der Waals surface area (Å²) in [4.78, 5) is 2.72. The molecular formula is C15H30N2. The lowest BCUT2D eigenvalue weighted by Gasteiger charge is -2.42. The summed E-state index contributed by atoms with van der Waals surface area (Å²) in [6.07, 6.45) is 10.3. The largest absolute Gasteiger partial charge is 0.317 e. The van der Waals surface area contributed by atoms with Gasteiger partial charge in [0.25, 0.3) is 0 Å². The number of rotatable bonds is 5. The number of piperidine rings is 1. The molecule has 1 atom stereocenters. The highest BCUT2D eigenvalue weighted by molar-refractivity contribution is 4.90. The molecule has 17 heavy (non-hydrogen) atoms. The summed E-state index contributed by atoms with van der Waals surface area (Å²) in [6.45, 7) is 9.59. The second-order valence-electron chi connectivity index (χ2n) is 6.23. The van der Waals surface area contributed by atoms with Crippen molar-refractivity contribution < 1.29 is 0 Å². The van der Waals surface area contributed by atoms with Gasteiger partial charge in [-0.05, 0) is 70.6 Å². The number of nitrogens with one attached hydrogen (secondary N) is 1. The minimum atomic E-state index is 0.771. The lowest BCUT2D eigenvalue weighted by molar-refractivity contribution is 0.0787. The fourth-order valence-electron chi connectivity index (χ4n) is 3.73. The van der Waals surface area contributed by atoms with Crippen molar-refractivity contribution in [1.82, 2.24) is 10.2 Å². The molecule has 1 saturated carbocycles. The quantitative estimate of drug-likeness (QED) is 0.741. The van der Waals surface area contributed by atoms with E-state index in [2.05, 4.69) is 24.1 Å². The molecule has 1 aliphatic carbocycles. The molecule has 1 saturated heterocycles. The first-order valence-corrected chi connectivity index (χ1v) is 7.70. The van der Waals surface area contributed by atoms with Crippen LogP contribution in [0.2, 0.25) is 0 Å². The molecule has 1 spiro atoms. The highest BCUT2D eigenvalue weighted by Gasteiger charge is 2.37. The molecule has 0 aromatic carbocycles. The molecule has 2 heteroatoms. The van der Waals surface area contributed by atoms with Gasteiger partial charge in [-0.2, -0.15) is 0 Å². The molecule has 2 rings (SSSR count). The monoisotopic (exact) mass is 238 g/mol. The first-order valence-electron chi connectivity index (χ1n) is 7.70. The zero-order chi connectivity index (χ0) is 12.1. The molecule has 2 nitrogen and oxygen atoms in total. The van der Waals surface area contributed by atoms with E-state index in [0.717, 1.165) is 18.0 Å². The van der Waals surface area contributed by atoms with Crippen molar-refractivity contribution in [2.24, 2.45) is 5.41 Å². The van der Waals surface area contributed by atoms with E-state index in [1.165, 1.54) is 64.6 Å². The van der Waals surface area contributed by atoms with Crippen LogP contribution in [-0.4, -0.2) is 37.1 Å². The van der Waals surface area contributed by atoms with E-state index in [0.29, 0.717) is 0 Å². The summed E-state index contributed by atoms with van der Waals surface area (Å²) in [5, 5.41) is 3.44. The summed E-state index contributed by atoms with van der Waals surface area (Å²) in [6, 6.07) is 0.771. The fourth-order valence-corrected chi connectivity index (χ4v) is 3.73. The molecule has 1 unspecified atom stereocenters. The number of hydrogen-bond donors (Lipinski definition) is 1. The zero-order valence-electron chi connectivity index (χ0n) is 11.8. The first-order chi connectivity index (χ1) is 8.26. The Labute approximate surface area is 107 Å². The highest BCUT2D eigenvalue weighted by Crippen LogP contribution is 2.46. The van der Waals surface area contributed by atoms with Gasteiger partial charge in [-0.1, -0.05) is 19.8 Å². The third-order valence-electron chi connectivity index (χ3n) is 5.14. The normalized spacial score (nSPS) is 26.5. The Morgan fingerprint density at radius 2 is 1.76 bits per heavy atom. The van der Waals surface area contributed by atoms with Crippen molar-refractivity contribution in [1.29, 1.82) is 0 Å². The average molecular weight is 238 g/mol. The first kappa shape index (κ1) is 13.4. The minimum Gasteiger partial charge on any atom is -0.317 e. The summed E-state index contributed by atoms with van der Waals surface area (Å²) in [5.74, 6) is 0. The third-order valence-corrected chi connectivity index (χ3v) is 5.14. The van der Waals surface area contributed by atoms with Crippen molar-refractivity contribution in [3.8, 4) is 0 Å². The molecule has 2 fully saturated rings. The van der Waals surface area contributed by atoms with Gasteiger partial charge in [0.1, 0.15) is 0 Å². The standard InChI is InChI=1S/C15H30N2/c1-3-16-11-6-14(2)17-12-9-15(10-13-17)7-4-5-8-15/h14,16H,3-13H2,1-2H3. The van der Waals surface area contributed by atoms with E-state index in [1.807, 2.05) is 0 Å². The van der Waals surface area contributed by atoms with Crippen LogP contribution in [0.3, 0.4) is 0 Å². The fraction of sp³-hybridized carbons (Fsp3) is 1.00. The van der Waals surface area contributed by atoms with Crippen LogP contribution in [0.1, 0.15) is 58.8 Å². The number of likely N-dealkylation sites (tertiary alicyclic amines) is 1. The van der Waals surface area contributed by atoms with Gasteiger partial charge in [0.2, 0.25) is 0 Å². The van der Waals surface area contributed by atoms with Crippen LogP contribution in [-0.2, 0) is 0 Å². The van der Waals surface area contributed by atoms with Crippen LogP contribution in [0.15, 0.2) is 0 Å². The van der Waals surface area contributed by atoms with Crippen LogP contribution in [0.25, 0.3) is 0 Å². The molecule has 1 N–H and O–H groups in total. The maximum atomic E-state index is 3.44. The van der Waals surface area contributed by atoms with Crippen molar-refractivity contribution >= 4 is 0 Å². The van der Waals surface area contributed by atoms with Gasteiger partial charge < -0.3 is 10.2 Å². The summed E-state index contributed by atoms with van der Waals surface area (Å²) < 4.78 is 0. The Hall–Kier alpha value is -0.0800. The summed E-state index contributed by atoms with van der Waals surface area (Å²) in [5.41, 5.74) is 0.776. The van der Waals surface area contributed by atoms with E-state index in [4.69, 9.17) is 0 Å². The van der Waals surface area contributed by atoms with Crippen LogP contribution >= 0.6 is 0 Å². The minimum absolute atomic E-state index is 0.771. The Morgan fingerprint density at radius 3 is 2.35 bits per heavy atom. The molecule has 0 amide bonds. The lowest BCUT2D eigenvalue weighted by Crippen LogP contribution is -2.44. The Kier molecular flexibility index (Phi) is 4.87. The smallest absolute Gasteiger partial charge is 0.00790 e. The molecule has 0 aromatic heterocycles. The van der Waals surface area contributed by atoms with Gasteiger partial charge >= 0.3 is 0 Å². The van der Waals surface area contributed by atoms with E-state index in [9.17, 15) is 0 Å². The van der Waals surface area contributed by atoms with Crippen molar-refractivity contribution in [3.63, 3.8) is 0 Å². The predicted molar refractivity (Wildman–Crippen MR) is 74.3 cm³/mol.